The molecule has 7 nitrogen and oxygen atoms in total. The first-order valence-corrected chi connectivity index (χ1v) is 8.94. The lowest BCUT2D eigenvalue weighted by Gasteiger charge is -2.11. The highest BCUT2D eigenvalue weighted by atomic mass is 35.5. The summed E-state index contributed by atoms with van der Waals surface area (Å²) < 4.78 is 10.8. The zero-order valence-corrected chi connectivity index (χ0v) is 16.2. The van der Waals surface area contributed by atoms with Gasteiger partial charge in [0.25, 0.3) is 5.91 Å². The Hall–Kier alpha value is -3.32. The van der Waals surface area contributed by atoms with E-state index in [-0.39, 0.29) is 0 Å². The minimum Gasteiger partial charge on any atom is -0.491 e. The van der Waals surface area contributed by atoms with Gasteiger partial charge in [0.1, 0.15) is 5.69 Å². The number of rotatable bonds is 7. The van der Waals surface area contributed by atoms with Gasteiger partial charge in [-0.05, 0) is 30.7 Å². The Morgan fingerprint density at radius 2 is 2.07 bits per heavy atom. The number of methoxy groups -OCH3 is 1. The van der Waals surface area contributed by atoms with Gasteiger partial charge >= 0.3 is 0 Å². The Labute approximate surface area is 167 Å². The second-order valence-corrected chi connectivity index (χ2v) is 6.11. The lowest BCUT2D eigenvalue weighted by atomic mass is 10.1. The van der Waals surface area contributed by atoms with Gasteiger partial charge in [0.2, 0.25) is 0 Å². The summed E-state index contributed by atoms with van der Waals surface area (Å²) in [6.07, 6.45) is 1.47. The van der Waals surface area contributed by atoms with Crippen LogP contribution in [0.25, 0.3) is 11.3 Å². The van der Waals surface area contributed by atoms with Crippen molar-refractivity contribution in [2.45, 2.75) is 6.92 Å². The minimum atomic E-state index is -0.407. The monoisotopic (exact) mass is 398 g/mol. The first kappa shape index (κ1) is 19.4. The van der Waals surface area contributed by atoms with Crippen molar-refractivity contribution in [3.8, 4) is 22.8 Å². The van der Waals surface area contributed by atoms with E-state index in [1.54, 1.807) is 18.2 Å². The highest BCUT2D eigenvalue weighted by Crippen LogP contribution is 2.35. The van der Waals surface area contributed by atoms with Crippen LogP contribution in [-0.2, 0) is 0 Å². The van der Waals surface area contributed by atoms with Crippen LogP contribution >= 0.6 is 11.6 Å². The number of H-pyrrole nitrogens is 1. The molecule has 1 heterocycles. The third-order valence-electron chi connectivity index (χ3n) is 3.81. The molecule has 0 unspecified atom stereocenters. The summed E-state index contributed by atoms with van der Waals surface area (Å²) in [5, 5.41) is 11.2. The molecule has 8 heteroatoms. The van der Waals surface area contributed by atoms with E-state index in [0.29, 0.717) is 40.1 Å². The molecule has 0 aliphatic carbocycles. The van der Waals surface area contributed by atoms with Crippen molar-refractivity contribution >= 4 is 23.7 Å². The van der Waals surface area contributed by atoms with E-state index < -0.39 is 5.91 Å². The molecule has 0 saturated heterocycles. The second-order valence-electron chi connectivity index (χ2n) is 5.70. The number of ether oxygens (including phenoxy) is 2. The van der Waals surface area contributed by atoms with Crippen LogP contribution < -0.4 is 14.9 Å². The van der Waals surface area contributed by atoms with Gasteiger partial charge in [0.15, 0.2) is 11.5 Å². The van der Waals surface area contributed by atoms with Gasteiger partial charge in [-0.3, -0.25) is 9.89 Å². The number of carbonyl (C=O) groups is 1. The lowest BCUT2D eigenvalue weighted by molar-refractivity contribution is 0.0950. The second kappa shape index (κ2) is 9.05. The van der Waals surface area contributed by atoms with Crippen LogP contribution in [0, 0.1) is 0 Å². The van der Waals surface area contributed by atoms with E-state index in [9.17, 15) is 4.79 Å². The first-order chi connectivity index (χ1) is 13.6. The molecular weight excluding hydrogens is 380 g/mol. The summed E-state index contributed by atoms with van der Waals surface area (Å²) in [6, 6.07) is 14.6. The van der Waals surface area contributed by atoms with Crippen molar-refractivity contribution in [3.05, 3.63) is 64.8 Å². The summed E-state index contributed by atoms with van der Waals surface area (Å²) >= 11 is 6.20. The number of amides is 1. The fourth-order valence-corrected chi connectivity index (χ4v) is 2.84. The summed E-state index contributed by atoms with van der Waals surface area (Å²) in [7, 11) is 1.52. The van der Waals surface area contributed by atoms with Crippen LogP contribution in [0.15, 0.2) is 53.6 Å². The standard InChI is InChI=1S/C20H19ClN4O3/c1-3-28-18-10-13(9-15(21)19(18)27-2)12-22-25-20(26)17-11-16(23-24-17)14-7-5-4-6-8-14/h4-12H,3H2,1-2H3,(H,23,24)(H,25,26)/b22-12-. The maximum absolute atomic E-state index is 12.2. The van der Waals surface area contributed by atoms with Crippen molar-refractivity contribution < 1.29 is 14.3 Å². The van der Waals surface area contributed by atoms with Gasteiger partial charge in [-0.1, -0.05) is 41.9 Å². The molecule has 2 N–H and O–H groups in total. The minimum absolute atomic E-state index is 0.304. The predicted molar refractivity (Wildman–Crippen MR) is 108 cm³/mol. The Bertz CT molecular complexity index is 986. The van der Waals surface area contributed by atoms with Crippen LogP contribution in [0.4, 0.5) is 0 Å². The number of hydrazone groups is 1. The van der Waals surface area contributed by atoms with Crippen molar-refractivity contribution in [1.82, 2.24) is 15.6 Å². The van der Waals surface area contributed by atoms with Crippen LogP contribution in [0.3, 0.4) is 0 Å². The number of aromatic amines is 1. The highest BCUT2D eigenvalue weighted by Gasteiger charge is 2.12. The van der Waals surface area contributed by atoms with E-state index in [4.69, 9.17) is 21.1 Å². The van der Waals surface area contributed by atoms with Crippen LogP contribution in [0.1, 0.15) is 23.0 Å². The molecule has 28 heavy (non-hydrogen) atoms. The normalized spacial score (nSPS) is 10.8. The van der Waals surface area contributed by atoms with Gasteiger partial charge in [0.05, 0.1) is 30.6 Å². The molecule has 144 valence electrons. The predicted octanol–water partition coefficient (Wildman–Crippen LogP) is 3.90. The average molecular weight is 399 g/mol. The third kappa shape index (κ3) is 4.50. The fourth-order valence-electron chi connectivity index (χ4n) is 2.54. The third-order valence-corrected chi connectivity index (χ3v) is 4.09. The van der Waals surface area contributed by atoms with Crippen LogP contribution in [0.5, 0.6) is 11.5 Å². The van der Waals surface area contributed by atoms with Crippen molar-refractivity contribution in [2.24, 2.45) is 5.10 Å². The Balaban J connectivity index is 1.69. The maximum atomic E-state index is 12.2. The fraction of sp³-hybridized carbons (Fsp3) is 0.150. The van der Waals surface area contributed by atoms with Gasteiger partial charge in [0, 0.05) is 5.56 Å². The van der Waals surface area contributed by atoms with Crippen molar-refractivity contribution in [2.75, 3.05) is 13.7 Å². The number of hydrogen-bond acceptors (Lipinski definition) is 5. The SMILES string of the molecule is CCOc1cc(/C=N\NC(=O)c2cc(-c3ccccc3)n[nH]2)cc(Cl)c1OC. The summed E-state index contributed by atoms with van der Waals surface area (Å²) in [5.41, 5.74) is 5.01. The topological polar surface area (TPSA) is 88.6 Å². The molecule has 1 amide bonds. The number of halogens is 1. The maximum Gasteiger partial charge on any atom is 0.289 e. The Morgan fingerprint density at radius 3 is 2.79 bits per heavy atom. The Kier molecular flexibility index (Phi) is 6.29. The quantitative estimate of drug-likeness (QED) is 0.466. The largest absolute Gasteiger partial charge is 0.491 e. The van der Waals surface area contributed by atoms with E-state index >= 15 is 0 Å². The molecule has 0 spiro atoms. The molecule has 3 rings (SSSR count). The van der Waals surface area contributed by atoms with E-state index in [1.165, 1.54) is 13.3 Å². The van der Waals surface area contributed by atoms with E-state index in [0.717, 1.165) is 5.56 Å². The smallest absolute Gasteiger partial charge is 0.289 e. The van der Waals surface area contributed by atoms with Gasteiger partial charge in [-0.15, -0.1) is 0 Å². The van der Waals surface area contributed by atoms with Crippen LogP contribution in [-0.4, -0.2) is 36.0 Å². The molecule has 0 atom stereocenters. The zero-order valence-electron chi connectivity index (χ0n) is 15.4. The molecule has 1 aromatic heterocycles. The summed E-state index contributed by atoms with van der Waals surface area (Å²) in [6.45, 7) is 2.33. The number of aromatic nitrogens is 2. The number of benzene rings is 2. The van der Waals surface area contributed by atoms with Crippen molar-refractivity contribution in [1.29, 1.82) is 0 Å². The molecule has 0 saturated carbocycles. The van der Waals surface area contributed by atoms with Gasteiger partial charge in [-0.2, -0.15) is 10.2 Å². The van der Waals surface area contributed by atoms with Gasteiger partial charge in [-0.25, -0.2) is 5.43 Å². The molecule has 0 radical (unpaired) electrons. The zero-order chi connectivity index (χ0) is 19.9. The number of carbonyl (C=O) groups excluding carboxylic acids is 1. The van der Waals surface area contributed by atoms with Crippen LogP contribution in [0.2, 0.25) is 5.02 Å². The summed E-state index contributed by atoms with van der Waals surface area (Å²) in [5.74, 6) is 0.553. The molecule has 0 fully saturated rings. The van der Waals surface area contributed by atoms with E-state index in [1.807, 2.05) is 37.3 Å². The van der Waals surface area contributed by atoms with Crippen molar-refractivity contribution in [3.63, 3.8) is 0 Å². The molecule has 0 bridgehead atoms. The number of nitrogens with one attached hydrogen (secondary N) is 2. The number of hydrogen-bond donors (Lipinski definition) is 2. The molecular formula is C20H19ClN4O3. The van der Waals surface area contributed by atoms with Gasteiger partial charge < -0.3 is 9.47 Å². The molecule has 0 aliphatic heterocycles. The summed E-state index contributed by atoms with van der Waals surface area (Å²) in [4.78, 5) is 12.2. The molecule has 3 aromatic rings. The average Bonchev–Trinajstić information content (AvgIpc) is 3.19. The Morgan fingerprint density at radius 1 is 1.29 bits per heavy atom. The lowest BCUT2D eigenvalue weighted by Crippen LogP contribution is -2.18. The highest BCUT2D eigenvalue weighted by molar-refractivity contribution is 6.32. The first-order valence-electron chi connectivity index (χ1n) is 8.57. The van der Waals surface area contributed by atoms with E-state index in [2.05, 4.69) is 20.7 Å². The molecule has 0 aliphatic rings. The number of nitrogens with zero attached hydrogens (tertiary/aromatic N) is 2. The molecule has 2 aromatic carbocycles.